The Morgan fingerprint density at radius 3 is 2.53 bits per heavy atom. The summed E-state index contributed by atoms with van der Waals surface area (Å²) in [5.41, 5.74) is 7.66. The molecule has 0 bridgehead atoms. The van der Waals surface area contributed by atoms with Crippen LogP contribution in [0.3, 0.4) is 0 Å². The summed E-state index contributed by atoms with van der Waals surface area (Å²) in [6.45, 7) is 1.95. The Bertz CT molecular complexity index is 723. The number of hydrogen-bond acceptors (Lipinski definition) is 3. The van der Waals surface area contributed by atoms with E-state index < -0.39 is 0 Å². The Morgan fingerprint density at radius 2 is 1.74 bits per heavy atom. The van der Waals surface area contributed by atoms with Crippen molar-refractivity contribution in [1.82, 2.24) is 4.98 Å². The van der Waals surface area contributed by atoms with E-state index in [4.69, 9.17) is 10.5 Å². The molecule has 3 heteroatoms. The van der Waals surface area contributed by atoms with E-state index in [0.29, 0.717) is 5.82 Å². The third kappa shape index (κ3) is 2.36. The molecular formula is C16H14N2O. The average Bonchev–Trinajstić information content (AvgIpc) is 2.42. The summed E-state index contributed by atoms with van der Waals surface area (Å²) in [6.07, 6.45) is 0. The Kier molecular flexibility index (Phi) is 2.80. The molecule has 94 valence electrons. The van der Waals surface area contributed by atoms with Crippen molar-refractivity contribution in [2.75, 3.05) is 5.73 Å². The average molecular weight is 250 g/mol. The van der Waals surface area contributed by atoms with E-state index in [0.717, 1.165) is 28.0 Å². The molecule has 0 spiro atoms. The molecule has 0 radical (unpaired) electrons. The van der Waals surface area contributed by atoms with Crippen LogP contribution < -0.4 is 10.5 Å². The molecule has 0 fully saturated rings. The normalized spacial score (nSPS) is 10.6. The van der Waals surface area contributed by atoms with Gasteiger partial charge in [-0.25, -0.2) is 4.98 Å². The number of pyridine rings is 1. The predicted molar refractivity (Wildman–Crippen MR) is 77.4 cm³/mol. The van der Waals surface area contributed by atoms with Gasteiger partial charge in [-0.05, 0) is 48.9 Å². The van der Waals surface area contributed by atoms with Crippen molar-refractivity contribution in [3.05, 3.63) is 60.2 Å². The number of aromatic nitrogens is 1. The highest BCUT2D eigenvalue weighted by Crippen LogP contribution is 2.26. The van der Waals surface area contributed by atoms with Crippen molar-refractivity contribution in [3.8, 4) is 11.5 Å². The SMILES string of the molecule is Cc1cc2cc(Oc3ccccc3)ccc2nc1N. The molecule has 2 aromatic carbocycles. The number of ether oxygens (including phenoxy) is 1. The molecule has 2 N–H and O–H groups in total. The third-order valence-corrected chi connectivity index (χ3v) is 2.99. The lowest BCUT2D eigenvalue weighted by atomic mass is 10.1. The molecule has 3 rings (SSSR count). The van der Waals surface area contributed by atoms with Crippen molar-refractivity contribution in [2.24, 2.45) is 0 Å². The molecule has 19 heavy (non-hydrogen) atoms. The minimum atomic E-state index is 0.573. The van der Waals surface area contributed by atoms with Gasteiger partial charge in [-0.15, -0.1) is 0 Å². The van der Waals surface area contributed by atoms with Gasteiger partial charge in [-0.1, -0.05) is 18.2 Å². The van der Waals surface area contributed by atoms with E-state index in [1.165, 1.54) is 0 Å². The molecule has 3 aromatic rings. The van der Waals surface area contributed by atoms with Crippen molar-refractivity contribution >= 4 is 16.7 Å². The van der Waals surface area contributed by atoms with Gasteiger partial charge in [-0.2, -0.15) is 0 Å². The van der Waals surface area contributed by atoms with Crippen LogP contribution in [0.1, 0.15) is 5.56 Å². The number of para-hydroxylation sites is 1. The number of nitrogens with two attached hydrogens (primary N) is 1. The van der Waals surface area contributed by atoms with Crippen LogP contribution in [0, 0.1) is 6.92 Å². The summed E-state index contributed by atoms with van der Waals surface area (Å²) in [5, 5.41) is 1.03. The first-order valence-corrected chi connectivity index (χ1v) is 6.12. The van der Waals surface area contributed by atoms with E-state index in [2.05, 4.69) is 4.98 Å². The van der Waals surface area contributed by atoms with Crippen molar-refractivity contribution in [3.63, 3.8) is 0 Å². The molecule has 0 aliphatic rings. The van der Waals surface area contributed by atoms with E-state index >= 15 is 0 Å². The number of rotatable bonds is 2. The number of aryl methyl sites for hydroxylation is 1. The van der Waals surface area contributed by atoms with Gasteiger partial charge in [0.25, 0.3) is 0 Å². The summed E-state index contributed by atoms with van der Waals surface area (Å²) in [6, 6.07) is 17.5. The fraction of sp³-hybridized carbons (Fsp3) is 0.0625. The second-order valence-electron chi connectivity index (χ2n) is 4.46. The van der Waals surface area contributed by atoms with E-state index in [9.17, 15) is 0 Å². The quantitative estimate of drug-likeness (QED) is 0.750. The lowest BCUT2D eigenvalue weighted by molar-refractivity contribution is 0.483. The molecule has 0 atom stereocenters. The standard InChI is InChI=1S/C16H14N2O/c1-11-9-12-10-14(7-8-15(12)18-16(11)17)19-13-5-3-2-4-6-13/h2-10H,1H3,(H2,17,18). The molecule has 0 saturated heterocycles. The van der Waals surface area contributed by atoms with E-state index in [1.54, 1.807) is 0 Å². The largest absolute Gasteiger partial charge is 0.457 e. The van der Waals surface area contributed by atoms with Gasteiger partial charge >= 0.3 is 0 Å². The van der Waals surface area contributed by atoms with Gasteiger partial charge in [0, 0.05) is 5.39 Å². The summed E-state index contributed by atoms with van der Waals surface area (Å²) >= 11 is 0. The molecule has 3 nitrogen and oxygen atoms in total. The third-order valence-electron chi connectivity index (χ3n) is 2.99. The first-order chi connectivity index (χ1) is 9.22. The molecular weight excluding hydrogens is 236 g/mol. The van der Waals surface area contributed by atoms with Crippen molar-refractivity contribution in [1.29, 1.82) is 0 Å². The van der Waals surface area contributed by atoms with Crippen LogP contribution >= 0.6 is 0 Å². The number of nitrogen functional groups attached to an aromatic ring is 1. The smallest absolute Gasteiger partial charge is 0.128 e. The summed E-state index contributed by atoms with van der Waals surface area (Å²) in [5.74, 6) is 2.19. The van der Waals surface area contributed by atoms with Crippen LogP contribution in [0.15, 0.2) is 54.6 Å². The van der Waals surface area contributed by atoms with Crippen LogP contribution in [0.5, 0.6) is 11.5 Å². The lowest BCUT2D eigenvalue weighted by Crippen LogP contribution is -1.94. The first-order valence-electron chi connectivity index (χ1n) is 6.12. The predicted octanol–water partition coefficient (Wildman–Crippen LogP) is 3.92. The van der Waals surface area contributed by atoms with Gasteiger partial charge in [0.2, 0.25) is 0 Å². The van der Waals surface area contributed by atoms with Crippen LogP contribution in [0.2, 0.25) is 0 Å². The number of nitrogens with zero attached hydrogens (tertiary/aromatic N) is 1. The minimum absolute atomic E-state index is 0.573. The monoisotopic (exact) mass is 250 g/mol. The molecule has 1 heterocycles. The molecule has 0 aliphatic heterocycles. The lowest BCUT2D eigenvalue weighted by Gasteiger charge is -2.07. The number of benzene rings is 2. The molecule has 0 unspecified atom stereocenters. The number of anilines is 1. The number of hydrogen-bond donors (Lipinski definition) is 1. The topological polar surface area (TPSA) is 48.1 Å². The van der Waals surface area contributed by atoms with Crippen LogP contribution in [0.25, 0.3) is 10.9 Å². The number of fused-ring (bicyclic) bond motifs is 1. The highest BCUT2D eigenvalue weighted by atomic mass is 16.5. The molecule has 0 amide bonds. The van der Waals surface area contributed by atoms with Crippen molar-refractivity contribution < 1.29 is 4.74 Å². The maximum Gasteiger partial charge on any atom is 0.128 e. The van der Waals surface area contributed by atoms with Crippen LogP contribution in [-0.4, -0.2) is 4.98 Å². The zero-order valence-electron chi connectivity index (χ0n) is 10.6. The summed E-state index contributed by atoms with van der Waals surface area (Å²) in [7, 11) is 0. The highest BCUT2D eigenvalue weighted by Gasteiger charge is 2.03. The fourth-order valence-electron chi connectivity index (χ4n) is 1.96. The molecule has 0 aliphatic carbocycles. The van der Waals surface area contributed by atoms with Gasteiger partial charge in [-0.3, -0.25) is 0 Å². The van der Waals surface area contributed by atoms with Gasteiger partial charge < -0.3 is 10.5 Å². The highest BCUT2D eigenvalue weighted by molar-refractivity contribution is 5.82. The molecule has 1 aromatic heterocycles. The second-order valence-corrected chi connectivity index (χ2v) is 4.46. The Hall–Kier alpha value is -2.55. The maximum atomic E-state index is 5.81. The summed E-state index contributed by atoms with van der Waals surface area (Å²) < 4.78 is 5.80. The van der Waals surface area contributed by atoms with Gasteiger partial charge in [0.15, 0.2) is 0 Å². The van der Waals surface area contributed by atoms with Crippen LogP contribution in [-0.2, 0) is 0 Å². The zero-order valence-corrected chi connectivity index (χ0v) is 10.6. The second kappa shape index (κ2) is 4.61. The zero-order chi connectivity index (χ0) is 13.2. The summed E-state index contributed by atoms with van der Waals surface area (Å²) in [4.78, 5) is 4.35. The molecule has 0 saturated carbocycles. The van der Waals surface area contributed by atoms with E-state index in [1.807, 2.05) is 61.5 Å². The Labute approximate surface area is 111 Å². The maximum absolute atomic E-state index is 5.81. The first kappa shape index (κ1) is 11.5. The minimum Gasteiger partial charge on any atom is -0.457 e. The van der Waals surface area contributed by atoms with Gasteiger partial charge in [0.1, 0.15) is 17.3 Å². The van der Waals surface area contributed by atoms with Crippen molar-refractivity contribution in [2.45, 2.75) is 6.92 Å². The fourth-order valence-corrected chi connectivity index (χ4v) is 1.96. The Balaban J connectivity index is 2.00. The van der Waals surface area contributed by atoms with Gasteiger partial charge in [0.05, 0.1) is 5.52 Å². The van der Waals surface area contributed by atoms with E-state index in [-0.39, 0.29) is 0 Å². The Morgan fingerprint density at radius 1 is 0.947 bits per heavy atom. The van der Waals surface area contributed by atoms with Crippen LogP contribution in [0.4, 0.5) is 5.82 Å².